The fraction of sp³-hybridized carbons (Fsp3) is 0.444. The summed E-state index contributed by atoms with van der Waals surface area (Å²) in [5.74, 6) is -0.367. The van der Waals surface area contributed by atoms with Gasteiger partial charge in [0.2, 0.25) is 0 Å². The van der Waals surface area contributed by atoms with E-state index >= 15 is 0 Å². The first-order chi connectivity index (χ1) is 11.6. The minimum absolute atomic E-state index is 0.367. The number of hydrogen-bond donors (Lipinski definition) is 1. The third-order valence-corrected chi connectivity index (χ3v) is 4.70. The highest BCUT2D eigenvalue weighted by atomic mass is 16.5. The summed E-state index contributed by atoms with van der Waals surface area (Å²) in [6, 6.07) is 8.89. The van der Waals surface area contributed by atoms with Crippen molar-refractivity contribution < 1.29 is 9.53 Å². The van der Waals surface area contributed by atoms with Crippen molar-refractivity contribution in [2.24, 2.45) is 0 Å². The molecule has 0 bridgehead atoms. The Morgan fingerprint density at radius 3 is 2.88 bits per heavy atom. The summed E-state index contributed by atoms with van der Waals surface area (Å²) < 4.78 is 4.80. The highest BCUT2D eigenvalue weighted by Crippen LogP contribution is 2.24. The second kappa shape index (κ2) is 7.05. The molecule has 2 aromatic rings. The van der Waals surface area contributed by atoms with Gasteiger partial charge in [-0.25, -0.2) is 4.79 Å². The number of aryl methyl sites for hydroxylation is 1. The first kappa shape index (κ1) is 16.5. The van der Waals surface area contributed by atoms with Crippen LogP contribution in [-0.2, 0) is 11.3 Å². The van der Waals surface area contributed by atoms with Crippen molar-refractivity contribution in [3.8, 4) is 0 Å². The second-order valence-electron chi connectivity index (χ2n) is 6.31. The third-order valence-electron chi connectivity index (χ3n) is 4.70. The molecular formula is C18H24N4O2. The second-order valence-corrected chi connectivity index (χ2v) is 6.31. The number of H-pyrrole nitrogens is 1. The largest absolute Gasteiger partial charge is 0.464 e. The molecular weight excluding hydrogens is 304 g/mol. The first-order valence-corrected chi connectivity index (χ1v) is 8.25. The van der Waals surface area contributed by atoms with Crippen LogP contribution < -0.4 is 4.90 Å². The molecule has 6 heteroatoms. The van der Waals surface area contributed by atoms with Crippen molar-refractivity contribution in [1.29, 1.82) is 0 Å². The minimum Gasteiger partial charge on any atom is -0.464 e. The van der Waals surface area contributed by atoms with E-state index in [0.717, 1.165) is 25.2 Å². The van der Waals surface area contributed by atoms with Crippen LogP contribution in [0.3, 0.4) is 0 Å². The highest BCUT2D eigenvalue weighted by molar-refractivity contribution is 5.88. The van der Waals surface area contributed by atoms with Crippen LogP contribution in [0, 0.1) is 6.92 Å². The predicted octanol–water partition coefficient (Wildman–Crippen LogP) is 2.22. The van der Waals surface area contributed by atoms with Gasteiger partial charge in [0.25, 0.3) is 0 Å². The Hall–Kier alpha value is -2.34. The van der Waals surface area contributed by atoms with Gasteiger partial charge in [-0.1, -0.05) is 18.2 Å². The lowest BCUT2D eigenvalue weighted by atomic mass is 10.1. The van der Waals surface area contributed by atoms with Crippen molar-refractivity contribution in [2.45, 2.75) is 26.4 Å². The summed E-state index contributed by atoms with van der Waals surface area (Å²) in [5.41, 5.74) is 3.95. The molecule has 0 radical (unpaired) electrons. The number of rotatable bonds is 4. The van der Waals surface area contributed by atoms with Crippen molar-refractivity contribution in [3.63, 3.8) is 0 Å². The maximum Gasteiger partial charge on any atom is 0.356 e. The van der Waals surface area contributed by atoms with E-state index in [4.69, 9.17) is 4.74 Å². The zero-order valence-corrected chi connectivity index (χ0v) is 14.5. The van der Waals surface area contributed by atoms with E-state index in [1.807, 2.05) is 0 Å². The molecule has 1 aromatic carbocycles. The van der Waals surface area contributed by atoms with Crippen LogP contribution in [0.5, 0.6) is 0 Å². The van der Waals surface area contributed by atoms with Gasteiger partial charge in [-0.15, -0.1) is 0 Å². The minimum atomic E-state index is -0.367. The lowest BCUT2D eigenvalue weighted by Crippen LogP contribution is -2.51. The molecule has 1 N–H and O–H groups in total. The van der Waals surface area contributed by atoms with E-state index < -0.39 is 0 Å². The number of carbonyl (C=O) groups is 1. The zero-order chi connectivity index (χ0) is 17.1. The lowest BCUT2D eigenvalue weighted by Gasteiger charge is -2.41. The smallest absolute Gasteiger partial charge is 0.356 e. The molecule has 3 rings (SSSR count). The quantitative estimate of drug-likeness (QED) is 0.872. The summed E-state index contributed by atoms with van der Waals surface area (Å²) in [6.07, 6.45) is 1.71. The Morgan fingerprint density at radius 2 is 2.17 bits per heavy atom. The van der Waals surface area contributed by atoms with Crippen molar-refractivity contribution in [1.82, 2.24) is 15.1 Å². The number of aromatic nitrogens is 2. The predicted molar refractivity (Wildman–Crippen MR) is 93.2 cm³/mol. The average molecular weight is 328 g/mol. The van der Waals surface area contributed by atoms with Crippen molar-refractivity contribution >= 4 is 11.7 Å². The summed E-state index contributed by atoms with van der Waals surface area (Å²) in [6.45, 7) is 7.96. The molecule has 1 aliphatic rings. The zero-order valence-electron chi connectivity index (χ0n) is 14.5. The Morgan fingerprint density at radius 1 is 1.38 bits per heavy atom. The topological polar surface area (TPSA) is 61.5 Å². The van der Waals surface area contributed by atoms with Gasteiger partial charge in [0.15, 0.2) is 0 Å². The average Bonchev–Trinajstić information content (AvgIpc) is 3.05. The number of aromatic amines is 1. The van der Waals surface area contributed by atoms with Gasteiger partial charge in [-0.3, -0.25) is 10.00 Å². The van der Waals surface area contributed by atoms with Crippen LogP contribution in [0.4, 0.5) is 5.69 Å². The number of esters is 1. The number of anilines is 1. The number of ether oxygens (including phenoxy) is 1. The SMILES string of the molecule is COC(=O)c1[nH]ncc1CN1CCN(c2ccccc2C)C[C@H]1C. The number of para-hydroxylation sites is 1. The third kappa shape index (κ3) is 3.28. The molecule has 0 unspecified atom stereocenters. The van der Waals surface area contributed by atoms with Crippen molar-refractivity contribution in [3.05, 3.63) is 47.3 Å². The molecule has 2 heterocycles. The monoisotopic (exact) mass is 328 g/mol. The summed E-state index contributed by atoms with van der Waals surface area (Å²) in [5, 5.41) is 6.73. The van der Waals surface area contributed by atoms with Gasteiger partial charge >= 0.3 is 5.97 Å². The normalized spacial score (nSPS) is 18.6. The van der Waals surface area contributed by atoms with Crippen molar-refractivity contribution in [2.75, 3.05) is 31.6 Å². The molecule has 1 aliphatic heterocycles. The number of nitrogens with one attached hydrogen (secondary N) is 1. The van der Waals surface area contributed by atoms with Crippen LogP contribution in [0.25, 0.3) is 0 Å². The molecule has 0 spiro atoms. The number of methoxy groups -OCH3 is 1. The fourth-order valence-corrected chi connectivity index (χ4v) is 3.30. The van der Waals surface area contributed by atoms with Crippen LogP contribution in [0.1, 0.15) is 28.5 Å². The maximum atomic E-state index is 11.8. The van der Waals surface area contributed by atoms with Crippen LogP contribution in [0.15, 0.2) is 30.5 Å². The number of nitrogens with zero attached hydrogens (tertiary/aromatic N) is 3. The van der Waals surface area contributed by atoms with Crippen LogP contribution in [-0.4, -0.2) is 53.9 Å². The standard InChI is InChI=1S/C18H24N4O2/c1-13-6-4-5-7-16(13)22-9-8-21(14(2)11-22)12-15-10-19-20-17(15)18(23)24-3/h4-7,10,14H,8-9,11-12H2,1-3H3,(H,19,20)/t14-/m1/s1. The Balaban J connectivity index is 1.68. The van der Waals surface area contributed by atoms with Gasteiger partial charge in [0.05, 0.1) is 13.3 Å². The molecule has 1 fully saturated rings. The number of benzene rings is 1. The molecule has 0 amide bonds. The molecule has 0 saturated carbocycles. The molecule has 1 aromatic heterocycles. The van der Waals surface area contributed by atoms with Gasteiger partial charge < -0.3 is 9.64 Å². The van der Waals surface area contributed by atoms with Gasteiger partial charge in [-0.2, -0.15) is 5.10 Å². The van der Waals surface area contributed by atoms with Crippen LogP contribution >= 0.6 is 0 Å². The summed E-state index contributed by atoms with van der Waals surface area (Å²) in [4.78, 5) is 16.6. The Kier molecular flexibility index (Phi) is 4.85. The fourth-order valence-electron chi connectivity index (χ4n) is 3.30. The number of carbonyl (C=O) groups excluding carboxylic acids is 1. The number of piperazine rings is 1. The molecule has 1 saturated heterocycles. The summed E-state index contributed by atoms with van der Waals surface area (Å²) >= 11 is 0. The first-order valence-electron chi connectivity index (χ1n) is 8.25. The highest BCUT2D eigenvalue weighted by Gasteiger charge is 2.26. The molecule has 128 valence electrons. The van der Waals surface area contributed by atoms with Gasteiger partial charge in [0, 0.05) is 43.5 Å². The van der Waals surface area contributed by atoms with E-state index in [1.165, 1.54) is 18.4 Å². The summed E-state index contributed by atoms with van der Waals surface area (Å²) in [7, 11) is 1.39. The molecule has 6 nitrogen and oxygen atoms in total. The number of hydrogen-bond acceptors (Lipinski definition) is 5. The molecule has 24 heavy (non-hydrogen) atoms. The Labute approximate surface area is 142 Å². The maximum absolute atomic E-state index is 11.8. The van der Waals surface area contributed by atoms with E-state index in [-0.39, 0.29) is 5.97 Å². The van der Waals surface area contributed by atoms with E-state index in [9.17, 15) is 4.79 Å². The van der Waals surface area contributed by atoms with Gasteiger partial charge in [0.1, 0.15) is 5.69 Å². The van der Waals surface area contributed by atoms with Crippen LogP contribution in [0.2, 0.25) is 0 Å². The lowest BCUT2D eigenvalue weighted by molar-refractivity contribution is 0.0590. The molecule has 1 atom stereocenters. The molecule has 0 aliphatic carbocycles. The van der Waals surface area contributed by atoms with E-state index in [2.05, 4.69) is 58.1 Å². The van der Waals surface area contributed by atoms with Gasteiger partial charge in [-0.05, 0) is 25.5 Å². The van der Waals surface area contributed by atoms with E-state index in [0.29, 0.717) is 18.3 Å². The van der Waals surface area contributed by atoms with E-state index in [1.54, 1.807) is 6.20 Å². The Bertz CT molecular complexity index is 713.